The van der Waals surface area contributed by atoms with E-state index in [1.165, 1.54) is 34.1 Å². The summed E-state index contributed by atoms with van der Waals surface area (Å²) in [5.41, 5.74) is -0.223. The molecule has 0 spiro atoms. The van der Waals surface area contributed by atoms with Crippen molar-refractivity contribution in [1.82, 2.24) is 9.55 Å². The quantitative estimate of drug-likeness (QED) is 0.311. The summed E-state index contributed by atoms with van der Waals surface area (Å²) in [5, 5.41) is 15.7. The molecule has 1 amide bonds. The van der Waals surface area contributed by atoms with E-state index in [4.69, 9.17) is 0 Å². The fourth-order valence-corrected chi connectivity index (χ4v) is 3.95. The molecule has 3 rings (SSSR count). The van der Waals surface area contributed by atoms with Crippen LogP contribution >= 0.6 is 23.1 Å². The van der Waals surface area contributed by atoms with Crippen LogP contribution in [0.2, 0.25) is 0 Å². The third kappa shape index (κ3) is 3.46. The molecule has 1 aromatic carbocycles. The van der Waals surface area contributed by atoms with Gasteiger partial charge >= 0.3 is 0 Å². The number of benzene rings is 1. The number of thiophene rings is 1. The molecule has 0 bridgehead atoms. The summed E-state index contributed by atoms with van der Waals surface area (Å²) in [4.78, 5) is 40.3. The van der Waals surface area contributed by atoms with Crippen molar-refractivity contribution in [2.24, 2.45) is 7.05 Å². The van der Waals surface area contributed by atoms with E-state index in [1.54, 1.807) is 31.5 Å². The summed E-state index contributed by atoms with van der Waals surface area (Å²) < 4.78 is 1.40. The number of carbonyl (C=O) groups excluding carboxylic acids is 1. The Hall–Kier alpha value is -2.72. The summed E-state index contributed by atoms with van der Waals surface area (Å²) in [7, 11) is 1.60. The molecule has 0 saturated carbocycles. The number of hydrogen-bond donors (Lipinski definition) is 1. The fourth-order valence-electron chi connectivity index (χ4n) is 2.27. The molecule has 8 nitrogen and oxygen atoms in total. The topological polar surface area (TPSA) is 107 Å². The maximum atomic E-state index is 12.4. The van der Waals surface area contributed by atoms with Crippen molar-refractivity contribution >= 4 is 50.6 Å². The first-order valence-electron chi connectivity index (χ1n) is 7.53. The molecule has 1 N–H and O–H groups in total. The molecule has 26 heavy (non-hydrogen) atoms. The minimum absolute atomic E-state index is 0.130. The molecule has 2 heterocycles. The maximum absolute atomic E-state index is 12.4. The highest BCUT2D eigenvalue weighted by Crippen LogP contribution is 2.27. The van der Waals surface area contributed by atoms with Gasteiger partial charge in [-0.25, -0.2) is 4.98 Å². The van der Waals surface area contributed by atoms with E-state index >= 15 is 0 Å². The number of thioether (sulfide) groups is 1. The molecule has 0 saturated heterocycles. The second-order valence-corrected chi connectivity index (χ2v) is 7.62. The molecule has 0 aliphatic rings. The van der Waals surface area contributed by atoms with Gasteiger partial charge < -0.3 is 5.32 Å². The number of hydrogen-bond acceptors (Lipinski definition) is 7. The molecule has 1 unspecified atom stereocenters. The minimum Gasteiger partial charge on any atom is -0.319 e. The van der Waals surface area contributed by atoms with E-state index in [9.17, 15) is 19.7 Å². The van der Waals surface area contributed by atoms with Crippen molar-refractivity contribution in [3.63, 3.8) is 0 Å². The zero-order valence-corrected chi connectivity index (χ0v) is 15.5. The Morgan fingerprint density at radius 1 is 1.38 bits per heavy atom. The number of para-hydroxylation sites is 2. The number of rotatable bonds is 5. The van der Waals surface area contributed by atoms with Crippen molar-refractivity contribution in [1.29, 1.82) is 0 Å². The number of anilines is 1. The molecule has 1 atom stereocenters. The summed E-state index contributed by atoms with van der Waals surface area (Å²) >= 11 is 2.48. The minimum atomic E-state index is -0.606. The van der Waals surface area contributed by atoms with E-state index in [-0.39, 0.29) is 16.9 Å². The van der Waals surface area contributed by atoms with Gasteiger partial charge in [0.05, 0.1) is 15.6 Å². The largest absolute Gasteiger partial charge is 0.319 e. The third-order valence-corrected chi connectivity index (χ3v) is 5.62. The molecule has 0 aliphatic heterocycles. The van der Waals surface area contributed by atoms with Crippen LogP contribution < -0.4 is 10.9 Å². The smallest absolute Gasteiger partial charge is 0.292 e. The number of fused-ring (bicyclic) bond motifs is 1. The van der Waals surface area contributed by atoms with Crippen LogP contribution in [0.1, 0.15) is 6.92 Å². The highest BCUT2D eigenvalue weighted by atomic mass is 32.2. The first kappa shape index (κ1) is 18.1. The Bertz CT molecular complexity index is 1060. The molecule has 3 aromatic rings. The highest BCUT2D eigenvalue weighted by molar-refractivity contribution is 8.00. The van der Waals surface area contributed by atoms with Crippen LogP contribution in [-0.2, 0) is 11.8 Å². The number of aromatic nitrogens is 2. The standard InChI is InChI=1S/C16H14N4O4S2/c1-9(13(21)17-11-5-3-4-6-12(11)20(23)24)26-16-18-14-10(7-8-25-14)15(22)19(16)2/h3-9H,1-2H3,(H,17,21). The number of nitrogens with zero attached hydrogens (tertiary/aromatic N) is 3. The van der Waals surface area contributed by atoms with Crippen molar-refractivity contribution in [3.05, 3.63) is 56.2 Å². The van der Waals surface area contributed by atoms with Crippen LogP contribution in [-0.4, -0.2) is 25.6 Å². The molecule has 0 radical (unpaired) electrons. The normalized spacial score (nSPS) is 12.1. The monoisotopic (exact) mass is 390 g/mol. The lowest BCUT2D eigenvalue weighted by atomic mass is 10.2. The van der Waals surface area contributed by atoms with Gasteiger partial charge in [-0.3, -0.25) is 24.3 Å². The molecule has 134 valence electrons. The number of nitro groups is 1. The van der Waals surface area contributed by atoms with Crippen LogP contribution in [0.3, 0.4) is 0 Å². The van der Waals surface area contributed by atoms with Gasteiger partial charge in [-0.2, -0.15) is 0 Å². The Morgan fingerprint density at radius 3 is 2.85 bits per heavy atom. The van der Waals surface area contributed by atoms with Gasteiger partial charge in [0.1, 0.15) is 10.5 Å². The molecule has 0 fully saturated rings. The van der Waals surface area contributed by atoms with Crippen molar-refractivity contribution < 1.29 is 9.72 Å². The number of carbonyl (C=O) groups is 1. The van der Waals surface area contributed by atoms with Gasteiger partial charge in [0.25, 0.3) is 11.2 Å². The van der Waals surface area contributed by atoms with Crippen LogP contribution in [0.15, 0.2) is 45.7 Å². The van der Waals surface area contributed by atoms with Gasteiger partial charge in [-0.15, -0.1) is 11.3 Å². The summed E-state index contributed by atoms with van der Waals surface area (Å²) in [6.45, 7) is 1.65. The number of amides is 1. The van der Waals surface area contributed by atoms with E-state index < -0.39 is 16.1 Å². The Morgan fingerprint density at radius 2 is 2.12 bits per heavy atom. The molecule has 2 aromatic heterocycles. The Kier molecular flexibility index (Phi) is 5.05. The summed E-state index contributed by atoms with van der Waals surface area (Å²) in [6.07, 6.45) is 0. The molecular formula is C16H14N4O4S2. The zero-order chi connectivity index (χ0) is 18.8. The van der Waals surface area contributed by atoms with Crippen LogP contribution in [0, 0.1) is 10.1 Å². The predicted molar refractivity (Wildman–Crippen MR) is 102 cm³/mol. The van der Waals surface area contributed by atoms with E-state index in [0.29, 0.717) is 15.4 Å². The van der Waals surface area contributed by atoms with Gasteiger partial charge in [0, 0.05) is 13.1 Å². The fraction of sp³-hybridized carbons (Fsp3) is 0.188. The second kappa shape index (κ2) is 7.26. The maximum Gasteiger partial charge on any atom is 0.292 e. The van der Waals surface area contributed by atoms with Crippen LogP contribution in [0.25, 0.3) is 10.2 Å². The van der Waals surface area contributed by atoms with Gasteiger partial charge in [0.15, 0.2) is 5.16 Å². The lowest BCUT2D eigenvalue weighted by Crippen LogP contribution is -2.25. The van der Waals surface area contributed by atoms with Gasteiger partial charge in [-0.1, -0.05) is 23.9 Å². The third-order valence-electron chi connectivity index (χ3n) is 3.67. The average molecular weight is 390 g/mol. The second-order valence-electron chi connectivity index (χ2n) is 5.42. The van der Waals surface area contributed by atoms with Crippen molar-refractivity contribution in [2.75, 3.05) is 5.32 Å². The van der Waals surface area contributed by atoms with E-state index in [1.807, 2.05) is 0 Å². The van der Waals surface area contributed by atoms with E-state index in [0.717, 1.165) is 11.8 Å². The van der Waals surface area contributed by atoms with Crippen LogP contribution in [0.5, 0.6) is 0 Å². The zero-order valence-electron chi connectivity index (χ0n) is 13.8. The number of nitrogens with one attached hydrogen (secondary N) is 1. The lowest BCUT2D eigenvalue weighted by molar-refractivity contribution is -0.383. The Balaban J connectivity index is 1.81. The lowest BCUT2D eigenvalue weighted by Gasteiger charge is -2.13. The SMILES string of the molecule is CC(Sc1nc2sccc2c(=O)n1C)C(=O)Nc1ccccc1[N+](=O)[O-]. The van der Waals surface area contributed by atoms with Gasteiger partial charge in [-0.05, 0) is 24.4 Å². The molecule has 10 heteroatoms. The van der Waals surface area contributed by atoms with E-state index in [2.05, 4.69) is 10.3 Å². The molecular weight excluding hydrogens is 376 g/mol. The van der Waals surface area contributed by atoms with Crippen molar-refractivity contribution in [3.8, 4) is 0 Å². The summed E-state index contributed by atoms with van der Waals surface area (Å²) in [5.74, 6) is -0.412. The Labute approximate surface area is 156 Å². The highest BCUT2D eigenvalue weighted by Gasteiger charge is 2.21. The number of nitro benzene ring substituents is 1. The van der Waals surface area contributed by atoms with Crippen molar-refractivity contribution in [2.45, 2.75) is 17.3 Å². The first-order chi connectivity index (χ1) is 12.4. The average Bonchev–Trinajstić information content (AvgIpc) is 3.08. The first-order valence-corrected chi connectivity index (χ1v) is 9.29. The van der Waals surface area contributed by atoms with Gasteiger partial charge in [0.2, 0.25) is 5.91 Å². The predicted octanol–water partition coefficient (Wildman–Crippen LogP) is 3.02. The summed E-state index contributed by atoms with van der Waals surface area (Å²) in [6, 6.07) is 7.65. The van der Waals surface area contributed by atoms with Crippen LogP contribution in [0.4, 0.5) is 11.4 Å². The molecule has 0 aliphatic carbocycles.